The highest BCUT2D eigenvalue weighted by molar-refractivity contribution is 7.89. The van der Waals surface area contributed by atoms with Gasteiger partial charge in [-0.1, -0.05) is 26.7 Å². The molecule has 1 heterocycles. The molecule has 0 amide bonds. The molecule has 1 aliphatic heterocycles. The first kappa shape index (κ1) is 15.3. The number of nitrogens with zero attached hydrogens (tertiary/aromatic N) is 2. The van der Waals surface area contributed by atoms with Gasteiger partial charge in [-0.25, -0.2) is 8.42 Å². The van der Waals surface area contributed by atoms with E-state index in [4.69, 9.17) is 0 Å². The van der Waals surface area contributed by atoms with Crippen LogP contribution in [0.1, 0.15) is 46.0 Å². The Balaban J connectivity index is 1.88. The van der Waals surface area contributed by atoms with Gasteiger partial charge in [-0.05, 0) is 25.2 Å². The van der Waals surface area contributed by atoms with Gasteiger partial charge in [0.25, 0.3) is 0 Å². The molecule has 1 saturated carbocycles. The Morgan fingerprint density at radius 2 is 1.68 bits per heavy atom. The first-order chi connectivity index (χ1) is 9.04. The molecule has 0 aromatic rings. The Hall–Kier alpha value is -0.130. The number of hydrogen-bond donors (Lipinski definition) is 0. The van der Waals surface area contributed by atoms with Gasteiger partial charge in [0.2, 0.25) is 10.0 Å². The summed E-state index contributed by atoms with van der Waals surface area (Å²) in [7, 11) is -2.99. The van der Waals surface area contributed by atoms with Gasteiger partial charge >= 0.3 is 0 Å². The molecule has 0 radical (unpaired) electrons. The van der Waals surface area contributed by atoms with Crippen molar-refractivity contribution in [3.05, 3.63) is 0 Å². The standard InChI is InChI=1S/C14H28N2O2S/c1-3-12-19(17,18)16-10-8-15(9-11-16)14-7-5-4-6-13(14)2/h13-14H,3-12H2,1-2H3. The lowest BCUT2D eigenvalue weighted by Crippen LogP contribution is -2.54. The molecule has 2 atom stereocenters. The second-order valence-electron chi connectivity index (χ2n) is 6.08. The summed E-state index contributed by atoms with van der Waals surface area (Å²) in [5, 5.41) is 0. The highest BCUT2D eigenvalue weighted by atomic mass is 32.2. The minimum atomic E-state index is -2.99. The molecule has 1 saturated heterocycles. The van der Waals surface area contributed by atoms with Gasteiger partial charge in [0.15, 0.2) is 0 Å². The van der Waals surface area contributed by atoms with Crippen molar-refractivity contribution >= 4 is 10.0 Å². The molecule has 19 heavy (non-hydrogen) atoms. The molecule has 1 aliphatic carbocycles. The van der Waals surface area contributed by atoms with Crippen LogP contribution in [0.2, 0.25) is 0 Å². The van der Waals surface area contributed by atoms with Crippen LogP contribution in [0.15, 0.2) is 0 Å². The molecule has 0 spiro atoms. The van der Waals surface area contributed by atoms with Crippen LogP contribution in [0.5, 0.6) is 0 Å². The Labute approximate surface area is 118 Å². The molecule has 0 bridgehead atoms. The molecular formula is C14H28N2O2S. The fourth-order valence-electron chi connectivity index (χ4n) is 3.54. The van der Waals surface area contributed by atoms with Gasteiger partial charge in [0.05, 0.1) is 5.75 Å². The van der Waals surface area contributed by atoms with Crippen molar-refractivity contribution in [3.63, 3.8) is 0 Å². The number of piperazine rings is 1. The fourth-order valence-corrected chi connectivity index (χ4v) is 5.03. The van der Waals surface area contributed by atoms with E-state index < -0.39 is 10.0 Å². The summed E-state index contributed by atoms with van der Waals surface area (Å²) in [4.78, 5) is 2.53. The van der Waals surface area contributed by atoms with Crippen molar-refractivity contribution in [3.8, 4) is 0 Å². The van der Waals surface area contributed by atoms with Crippen molar-refractivity contribution in [1.29, 1.82) is 0 Å². The molecule has 2 rings (SSSR count). The van der Waals surface area contributed by atoms with E-state index in [0.29, 0.717) is 31.3 Å². The molecule has 0 aromatic heterocycles. The first-order valence-corrected chi connectivity index (χ1v) is 9.37. The molecule has 5 heteroatoms. The summed E-state index contributed by atoms with van der Waals surface area (Å²) in [6.45, 7) is 7.48. The van der Waals surface area contributed by atoms with Gasteiger partial charge in [0, 0.05) is 32.2 Å². The van der Waals surface area contributed by atoms with E-state index in [1.165, 1.54) is 25.7 Å². The summed E-state index contributed by atoms with van der Waals surface area (Å²) < 4.78 is 25.8. The van der Waals surface area contributed by atoms with Crippen molar-refractivity contribution in [1.82, 2.24) is 9.21 Å². The maximum atomic E-state index is 12.0. The van der Waals surface area contributed by atoms with Gasteiger partial charge in [-0.15, -0.1) is 0 Å². The lowest BCUT2D eigenvalue weighted by atomic mass is 9.84. The second kappa shape index (κ2) is 6.55. The van der Waals surface area contributed by atoms with Gasteiger partial charge in [-0.2, -0.15) is 4.31 Å². The zero-order valence-electron chi connectivity index (χ0n) is 12.3. The molecule has 112 valence electrons. The lowest BCUT2D eigenvalue weighted by molar-refractivity contribution is 0.0786. The maximum absolute atomic E-state index is 12.0. The number of hydrogen-bond acceptors (Lipinski definition) is 3. The third-order valence-electron chi connectivity index (χ3n) is 4.66. The van der Waals surface area contributed by atoms with Crippen molar-refractivity contribution in [2.75, 3.05) is 31.9 Å². The minimum Gasteiger partial charge on any atom is -0.298 e. The zero-order chi connectivity index (χ0) is 13.9. The Morgan fingerprint density at radius 1 is 1.05 bits per heavy atom. The highest BCUT2D eigenvalue weighted by Crippen LogP contribution is 2.28. The number of sulfonamides is 1. The van der Waals surface area contributed by atoms with Crippen LogP contribution >= 0.6 is 0 Å². The van der Waals surface area contributed by atoms with E-state index in [1.54, 1.807) is 4.31 Å². The second-order valence-corrected chi connectivity index (χ2v) is 8.17. The van der Waals surface area contributed by atoms with Crippen molar-refractivity contribution in [2.45, 2.75) is 52.0 Å². The molecule has 0 N–H and O–H groups in total. The van der Waals surface area contributed by atoms with E-state index in [-0.39, 0.29) is 0 Å². The molecule has 2 aliphatic rings. The smallest absolute Gasteiger partial charge is 0.214 e. The van der Waals surface area contributed by atoms with E-state index in [2.05, 4.69) is 11.8 Å². The van der Waals surface area contributed by atoms with Crippen LogP contribution < -0.4 is 0 Å². The normalized spacial score (nSPS) is 31.5. The van der Waals surface area contributed by atoms with E-state index in [1.807, 2.05) is 6.92 Å². The summed E-state index contributed by atoms with van der Waals surface area (Å²) in [6.07, 6.45) is 6.04. The summed E-state index contributed by atoms with van der Waals surface area (Å²) in [6, 6.07) is 0.685. The Bertz CT molecular complexity index is 375. The predicted molar refractivity (Wildman–Crippen MR) is 78.6 cm³/mol. The first-order valence-electron chi connectivity index (χ1n) is 7.76. The van der Waals surface area contributed by atoms with E-state index >= 15 is 0 Å². The van der Waals surface area contributed by atoms with Crippen molar-refractivity contribution < 1.29 is 8.42 Å². The quantitative estimate of drug-likeness (QED) is 0.793. The summed E-state index contributed by atoms with van der Waals surface area (Å²) in [5.74, 6) is 1.07. The Kier molecular flexibility index (Phi) is 5.26. The summed E-state index contributed by atoms with van der Waals surface area (Å²) in [5.41, 5.74) is 0. The monoisotopic (exact) mass is 288 g/mol. The average Bonchev–Trinajstić information content (AvgIpc) is 2.39. The maximum Gasteiger partial charge on any atom is 0.214 e. The van der Waals surface area contributed by atoms with Crippen LogP contribution in [0, 0.1) is 5.92 Å². The van der Waals surface area contributed by atoms with Crippen LogP contribution in [0.25, 0.3) is 0 Å². The molecule has 2 fully saturated rings. The SMILES string of the molecule is CCCS(=O)(=O)N1CCN(C2CCCCC2C)CC1. The van der Waals surface area contributed by atoms with Crippen LogP contribution in [0.3, 0.4) is 0 Å². The van der Waals surface area contributed by atoms with E-state index in [9.17, 15) is 8.42 Å². The van der Waals surface area contributed by atoms with Crippen LogP contribution in [-0.4, -0.2) is 55.6 Å². The molecule has 2 unspecified atom stereocenters. The topological polar surface area (TPSA) is 40.6 Å². The Morgan fingerprint density at radius 3 is 2.26 bits per heavy atom. The van der Waals surface area contributed by atoms with Crippen molar-refractivity contribution in [2.24, 2.45) is 5.92 Å². The highest BCUT2D eigenvalue weighted by Gasteiger charge is 2.32. The van der Waals surface area contributed by atoms with Gasteiger partial charge < -0.3 is 0 Å². The zero-order valence-corrected chi connectivity index (χ0v) is 13.2. The van der Waals surface area contributed by atoms with Crippen LogP contribution in [-0.2, 0) is 10.0 Å². The van der Waals surface area contributed by atoms with Crippen LogP contribution in [0.4, 0.5) is 0 Å². The molecule has 4 nitrogen and oxygen atoms in total. The van der Waals surface area contributed by atoms with Gasteiger partial charge in [-0.3, -0.25) is 4.90 Å². The third-order valence-corrected chi connectivity index (χ3v) is 6.74. The third kappa shape index (κ3) is 3.70. The molecule has 0 aromatic carbocycles. The van der Waals surface area contributed by atoms with Gasteiger partial charge in [0.1, 0.15) is 0 Å². The fraction of sp³-hybridized carbons (Fsp3) is 1.00. The average molecular weight is 288 g/mol. The lowest BCUT2D eigenvalue weighted by Gasteiger charge is -2.43. The summed E-state index contributed by atoms with van der Waals surface area (Å²) >= 11 is 0. The number of rotatable bonds is 4. The largest absolute Gasteiger partial charge is 0.298 e. The van der Waals surface area contributed by atoms with E-state index in [0.717, 1.165) is 19.0 Å². The minimum absolute atomic E-state index is 0.298. The predicted octanol–water partition coefficient (Wildman–Crippen LogP) is 1.92. The molecular weight excluding hydrogens is 260 g/mol.